The van der Waals surface area contributed by atoms with Gasteiger partial charge in [-0.2, -0.15) is 4.98 Å². The maximum absolute atomic E-state index is 13.8. The lowest BCUT2D eigenvalue weighted by molar-refractivity contribution is 0.283. The second-order valence-corrected chi connectivity index (χ2v) is 5.95. The van der Waals surface area contributed by atoms with Crippen molar-refractivity contribution in [3.8, 4) is 11.8 Å². The zero-order valence-corrected chi connectivity index (χ0v) is 13.8. The highest BCUT2D eigenvalue weighted by atomic mass is 32.1. The molecule has 1 aromatic carbocycles. The first-order valence-corrected chi connectivity index (χ1v) is 8.17. The molecule has 24 heavy (non-hydrogen) atoms. The molecule has 124 valence electrons. The summed E-state index contributed by atoms with van der Waals surface area (Å²) in [6, 6.07) is 11.5. The van der Waals surface area contributed by atoms with Crippen LogP contribution >= 0.6 is 11.3 Å². The molecule has 0 bridgehead atoms. The largest absolute Gasteiger partial charge is 0.497 e. The molecule has 0 saturated heterocycles. The van der Waals surface area contributed by atoms with Gasteiger partial charge in [0.25, 0.3) is 0 Å². The molecule has 0 radical (unpaired) electrons. The van der Waals surface area contributed by atoms with Crippen LogP contribution < -0.4 is 14.8 Å². The van der Waals surface area contributed by atoms with E-state index in [1.807, 2.05) is 41.8 Å². The van der Waals surface area contributed by atoms with Gasteiger partial charge in [-0.1, -0.05) is 18.2 Å². The molecule has 3 rings (SSSR count). The average Bonchev–Trinajstić information content (AvgIpc) is 3.14. The van der Waals surface area contributed by atoms with Crippen molar-refractivity contribution in [1.29, 1.82) is 0 Å². The minimum Gasteiger partial charge on any atom is -0.497 e. The second-order valence-electron chi connectivity index (χ2n) is 4.92. The van der Waals surface area contributed by atoms with Gasteiger partial charge in [0.15, 0.2) is 11.6 Å². The number of methoxy groups -OCH3 is 1. The first-order valence-electron chi connectivity index (χ1n) is 7.29. The highest BCUT2D eigenvalue weighted by Gasteiger charge is 2.08. The maximum atomic E-state index is 13.8. The third kappa shape index (κ3) is 4.20. The third-order valence-corrected chi connectivity index (χ3v) is 4.11. The molecule has 2 aromatic heterocycles. The summed E-state index contributed by atoms with van der Waals surface area (Å²) < 4.78 is 24.4. The third-order valence-electron chi connectivity index (χ3n) is 3.26. The fourth-order valence-electron chi connectivity index (χ4n) is 2.00. The van der Waals surface area contributed by atoms with Crippen LogP contribution in [0.15, 0.2) is 48.0 Å². The van der Waals surface area contributed by atoms with Crippen molar-refractivity contribution in [3.63, 3.8) is 0 Å². The van der Waals surface area contributed by atoms with Crippen LogP contribution in [0.2, 0.25) is 0 Å². The second kappa shape index (κ2) is 7.74. The maximum Gasteiger partial charge on any atom is 0.318 e. The van der Waals surface area contributed by atoms with Crippen molar-refractivity contribution in [3.05, 3.63) is 64.2 Å². The van der Waals surface area contributed by atoms with Crippen LogP contribution in [0.4, 0.5) is 10.2 Å². The van der Waals surface area contributed by atoms with Crippen molar-refractivity contribution in [1.82, 2.24) is 9.97 Å². The molecule has 0 spiro atoms. The van der Waals surface area contributed by atoms with Gasteiger partial charge in [0.2, 0.25) is 0 Å². The van der Waals surface area contributed by atoms with Gasteiger partial charge in [0.05, 0.1) is 13.3 Å². The lowest BCUT2D eigenvalue weighted by atomic mass is 10.2. The zero-order chi connectivity index (χ0) is 16.8. The number of aromatic nitrogens is 2. The molecule has 0 atom stereocenters. The molecule has 2 heterocycles. The first-order chi connectivity index (χ1) is 11.7. The Morgan fingerprint density at radius 1 is 1.21 bits per heavy atom. The van der Waals surface area contributed by atoms with Gasteiger partial charge in [0.1, 0.15) is 12.4 Å². The Balaban J connectivity index is 1.62. The number of benzene rings is 1. The van der Waals surface area contributed by atoms with Crippen molar-refractivity contribution >= 4 is 17.2 Å². The normalized spacial score (nSPS) is 10.4. The van der Waals surface area contributed by atoms with Gasteiger partial charge >= 0.3 is 6.01 Å². The van der Waals surface area contributed by atoms with Crippen LogP contribution in [-0.2, 0) is 13.2 Å². The molecule has 0 fully saturated rings. The molecule has 3 aromatic rings. The lowest BCUT2D eigenvalue weighted by Crippen LogP contribution is -2.06. The lowest BCUT2D eigenvalue weighted by Gasteiger charge is -2.09. The van der Waals surface area contributed by atoms with E-state index in [1.165, 1.54) is 0 Å². The van der Waals surface area contributed by atoms with Gasteiger partial charge in [-0.3, -0.25) is 0 Å². The van der Waals surface area contributed by atoms with Crippen LogP contribution in [0.25, 0.3) is 0 Å². The molecular weight excluding hydrogens is 329 g/mol. The monoisotopic (exact) mass is 345 g/mol. The molecular formula is C17H16FN3O2S. The van der Waals surface area contributed by atoms with Crippen LogP contribution in [0.1, 0.15) is 10.4 Å². The molecule has 0 aliphatic heterocycles. The van der Waals surface area contributed by atoms with Gasteiger partial charge in [-0.05, 0) is 29.1 Å². The van der Waals surface area contributed by atoms with Crippen LogP contribution in [-0.4, -0.2) is 17.1 Å². The molecule has 0 unspecified atom stereocenters. The van der Waals surface area contributed by atoms with Crippen LogP contribution in [0, 0.1) is 5.82 Å². The van der Waals surface area contributed by atoms with Crippen molar-refractivity contribution in [2.45, 2.75) is 13.2 Å². The molecule has 0 aliphatic rings. The molecule has 0 amide bonds. The molecule has 0 aliphatic carbocycles. The fraction of sp³-hybridized carbons (Fsp3) is 0.176. The number of thiophene rings is 1. The summed E-state index contributed by atoms with van der Waals surface area (Å²) in [5.74, 6) is 0.366. The molecule has 1 N–H and O–H groups in total. The Hall–Kier alpha value is -2.67. The summed E-state index contributed by atoms with van der Waals surface area (Å²) in [7, 11) is 1.61. The molecule has 5 nitrogen and oxygen atoms in total. The Morgan fingerprint density at radius 3 is 2.75 bits per heavy atom. The quantitative estimate of drug-likeness (QED) is 0.704. The van der Waals surface area contributed by atoms with E-state index in [0.717, 1.165) is 22.4 Å². The Labute approximate surface area is 143 Å². The number of ether oxygens (including phenoxy) is 2. The van der Waals surface area contributed by atoms with Crippen molar-refractivity contribution in [2.75, 3.05) is 12.4 Å². The summed E-state index contributed by atoms with van der Waals surface area (Å²) in [4.78, 5) is 8.99. The minimum absolute atomic E-state index is 0.113. The van der Waals surface area contributed by atoms with E-state index >= 15 is 0 Å². The SMILES string of the molecule is COc1ccc(CNc2nc(OCc3cccs3)ncc2F)cc1. The number of rotatable bonds is 7. The van der Waals surface area contributed by atoms with E-state index in [4.69, 9.17) is 9.47 Å². The van der Waals surface area contributed by atoms with Crippen molar-refractivity contribution in [2.24, 2.45) is 0 Å². The Morgan fingerprint density at radius 2 is 2.04 bits per heavy atom. The van der Waals surface area contributed by atoms with Gasteiger partial charge < -0.3 is 14.8 Å². The summed E-state index contributed by atoms with van der Waals surface area (Å²) in [5.41, 5.74) is 0.981. The number of hydrogen-bond donors (Lipinski definition) is 1. The predicted octanol–water partition coefficient (Wildman–Crippen LogP) is 3.88. The van der Waals surface area contributed by atoms with Crippen molar-refractivity contribution < 1.29 is 13.9 Å². The first kappa shape index (κ1) is 16.2. The van der Waals surface area contributed by atoms with E-state index in [0.29, 0.717) is 13.2 Å². The highest BCUT2D eigenvalue weighted by Crippen LogP contribution is 2.17. The van der Waals surface area contributed by atoms with Gasteiger partial charge in [0, 0.05) is 11.4 Å². The standard InChI is InChI=1S/C17H16FN3O2S/c1-22-13-6-4-12(5-7-13)9-19-16-15(18)10-20-17(21-16)23-11-14-3-2-8-24-14/h2-8,10H,9,11H2,1H3,(H,19,20,21). The van der Waals surface area contributed by atoms with Gasteiger partial charge in [-0.15, -0.1) is 11.3 Å². The molecule has 0 saturated carbocycles. The van der Waals surface area contributed by atoms with E-state index in [9.17, 15) is 4.39 Å². The summed E-state index contributed by atoms with van der Waals surface area (Å²) in [5, 5.41) is 4.92. The zero-order valence-electron chi connectivity index (χ0n) is 13.0. The van der Waals surface area contributed by atoms with Crippen LogP contribution in [0.5, 0.6) is 11.8 Å². The van der Waals surface area contributed by atoms with Gasteiger partial charge in [-0.25, -0.2) is 9.37 Å². The number of nitrogens with zero attached hydrogens (tertiary/aromatic N) is 2. The summed E-state index contributed by atoms with van der Waals surface area (Å²) in [6.07, 6.45) is 1.10. The van der Waals surface area contributed by atoms with E-state index < -0.39 is 5.82 Å². The van der Waals surface area contributed by atoms with E-state index in [-0.39, 0.29) is 11.8 Å². The van der Waals surface area contributed by atoms with E-state index in [1.54, 1.807) is 18.4 Å². The number of hydrogen-bond acceptors (Lipinski definition) is 6. The van der Waals surface area contributed by atoms with E-state index in [2.05, 4.69) is 15.3 Å². The Kier molecular flexibility index (Phi) is 5.22. The van der Waals surface area contributed by atoms with Crippen LogP contribution in [0.3, 0.4) is 0 Å². The summed E-state index contributed by atoms with van der Waals surface area (Å²) >= 11 is 1.58. The Bertz CT molecular complexity index is 779. The smallest absolute Gasteiger partial charge is 0.318 e. The molecule has 7 heteroatoms. The number of halogens is 1. The highest BCUT2D eigenvalue weighted by molar-refractivity contribution is 7.09. The minimum atomic E-state index is -0.521. The topological polar surface area (TPSA) is 56.3 Å². The number of anilines is 1. The fourth-order valence-corrected chi connectivity index (χ4v) is 2.62. The summed E-state index contributed by atoms with van der Waals surface area (Å²) in [6.45, 7) is 0.795. The average molecular weight is 345 g/mol. The number of nitrogens with one attached hydrogen (secondary N) is 1. The predicted molar refractivity (Wildman–Crippen MR) is 91.0 cm³/mol.